The van der Waals surface area contributed by atoms with Crippen LogP contribution in [0.3, 0.4) is 0 Å². The standard InChI is InChI=1S/C9H14O3/c1-5-4-8-6(10)2-3-7(12-8)9(5)11/h5-8,10H,2-4H2,1H3. The number of rotatable bonds is 0. The molecule has 2 aliphatic rings. The third kappa shape index (κ3) is 1.17. The molecule has 0 aromatic carbocycles. The van der Waals surface area contributed by atoms with Crippen LogP contribution in [0.15, 0.2) is 0 Å². The maximum absolute atomic E-state index is 11.4. The molecule has 2 rings (SSSR count). The van der Waals surface area contributed by atoms with Crippen molar-refractivity contribution in [2.45, 2.75) is 44.5 Å². The molecule has 2 bridgehead atoms. The number of carbonyl (C=O) groups excluding carboxylic acids is 1. The van der Waals surface area contributed by atoms with Crippen LogP contribution in [0, 0.1) is 5.92 Å². The summed E-state index contributed by atoms with van der Waals surface area (Å²) in [5, 5.41) is 9.49. The normalized spacial score (nSPS) is 47.7. The molecule has 0 aromatic heterocycles. The monoisotopic (exact) mass is 170 g/mol. The number of ether oxygens (including phenoxy) is 1. The minimum absolute atomic E-state index is 0.0729. The van der Waals surface area contributed by atoms with Crippen LogP contribution in [-0.2, 0) is 9.53 Å². The van der Waals surface area contributed by atoms with Gasteiger partial charge in [-0.1, -0.05) is 6.92 Å². The fraction of sp³-hybridized carbons (Fsp3) is 0.889. The minimum atomic E-state index is -0.350. The minimum Gasteiger partial charge on any atom is -0.390 e. The zero-order valence-corrected chi connectivity index (χ0v) is 7.19. The van der Waals surface area contributed by atoms with Gasteiger partial charge in [0.25, 0.3) is 0 Å². The molecule has 1 N–H and O–H groups in total. The summed E-state index contributed by atoms with van der Waals surface area (Å²) < 4.78 is 5.42. The van der Waals surface area contributed by atoms with Crippen LogP contribution in [0.5, 0.6) is 0 Å². The smallest absolute Gasteiger partial charge is 0.164 e. The van der Waals surface area contributed by atoms with Gasteiger partial charge in [-0.15, -0.1) is 0 Å². The van der Waals surface area contributed by atoms with Crippen LogP contribution < -0.4 is 0 Å². The molecule has 2 aliphatic heterocycles. The summed E-state index contributed by atoms with van der Waals surface area (Å²) in [7, 11) is 0. The molecule has 0 radical (unpaired) electrons. The molecule has 2 fully saturated rings. The molecular weight excluding hydrogens is 156 g/mol. The summed E-state index contributed by atoms with van der Waals surface area (Å²) >= 11 is 0. The number of Topliss-reactive ketones (excluding diaryl/α,β-unsaturated/α-hetero) is 1. The second-order valence-corrected chi connectivity index (χ2v) is 3.85. The van der Waals surface area contributed by atoms with E-state index < -0.39 is 0 Å². The van der Waals surface area contributed by atoms with E-state index in [0.29, 0.717) is 19.3 Å². The molecular formula is C9H14O3. The summed E-state index contributed by atoms with van der Waals surface area (Å²) in [6, 6.07) is 0. The van der Waals surface area contributed by atoms with Crippen molar-refractivity contribution in [3.05, 3.63) is 0 Å². The summed E-state index contributed by atoms with van der Waals surface area (Å²) in [5.74, 6) is 0.293. The van der Waals surface area contributed by atoms with Gasteiger partial charge in [0.05, 0.1) is 12.2 Å². The zero-order valence-electron chi connectivity index (χ0n) is 7.19. The highest BCUT2D eigenvalue weighted by atomic mass is 16.5. The van der Waals surface area contributed by atoms with Gasteiger partial charge in [0.1, 0.15) is 6.10 Å². The lowest BCUT2D eigenvalue weighted by Gasteiger charge is -2.39. The molecule has 0 aliphatic carbocycles. The van der Waals surface area contributed by atoms with Gasteiger partial charge in [0, 0.05) is 5.92 Å². The number of fused-ring (bicyclic) bond motifs is 2. The third-order valence-electron chi connectivity index (χ3n) is 2.88. The molecule has 3 heteroatoms. The van der Waals surface area contributed by atoms with Crippen molar-refractivity contribution in [3.63, 3.8) is 0 Å². The molecule has 2 heterocycles. The van der Waals surface area contributed by atoms with Crippen LogP contribution in [0.1, 0.15) is 26.2 Å². The number of aliphatic hydroxyl groups is 1. The van der Waals surface area contributed by atoms with Crippen LogP contribution in [0.2, 0.25) is 0 Å². The highest BCUT2D eigenvalue weighted by Gasteiger charge is 2.41. The molecule has 12 heavy (non-hydrogen) atoms. The Morgan fingerprint density at radius 1 is 1.50 bits per heavy atom. The first-order valence-corrected chi connectivity index (χ1v) is 4.55. The molecule has 0 aromatic rings. The fourth-order valence-electron chi connectivity index (χ4n) is 2.08. The van der Waals surface area contributed by atoms with Gasteiger partial charge < -0.3 is 9.84 Å². The van der Waals surface area contributed by atoms with Crippen molar-refractivity contribution >= 4 is 5.78 Å². The molecule has 0 saturated carbocycles. The summed E-state index contributed by atoms with van der Waals surface area (Å²) in [4.78, 5) is 11.4. The molecule has 0 spiro atoms. The predicted octanol–water partition coefficient (Wildman–Crippen LogP) is 0.504. The zero-order chi connectivity index (χ0) is 8.72. The van der Waals surface area contributed by atoms with Crippen molar-refractivity contribution in [2.24, 2.45) is 5.92 Å². The number of carbonyl (C=O) groups is 1. The molecule has 68 valence electrons. The average molecular weight is 170 g/mol. The third-order valence-corrected chi connectivity index (χ3v) is 2.88. The van der Waals surface area contributed by atoms with Crippen LogP contribution in [0.25, 0.3) is 0 Å². The van der Waals surface area contributed by atoms with E-state index in [1.54, 1.807) is 0 Å². The van der Waals surface area contributed by atoms with Crippen molar-refractivity contribution in [3.8, 4) is 0 Å². The summed E-state index contributed by atoms with van der Waals surface area (Å²) in [6.45, 7) is 1.92. The Labute approximate surface area is 71.7 Å². The number of ketones is 1. The molecule has 4 unspecified atom stereocenters. The first-order valence-electron chi connectivity index (χ1n) is 4.55. The second kappa shape index (κ2) is 2.82. The number of aliphatic hydroxyl groups excluding tert-OH is 1. The number of hydrogen-bond donors (Lipinski definition) is 1. The SMILES string of the molecule is CC1CC2OC(CCC2O)C1=O. The Morgan fingerprint density at radius 2 is 2.25 bits per heavy atom. The van der Waals surface area contributed by atoms with Gasteiger partial charge in [0.2, 0.25) is 0 Å². The highest BCUT2D eigenvalue weighted by Crippen LogP contribution is 2.31. The Morgan fingerprint density at radius 3 is 3.00 bits per heavy atom. The second-order valence-electron chi connectivity index (χ2n) is 3.85. The van der Waals surface area contributed by atoms with Gasteiger partial charge in [0.15, 0.2) is 5.78 Å². The maximum atomic E-state index is 11.4. The predicted molar refractivity (Wildman–Crippen MR) is 42.7 cm³/mol. The average Bonchev–Trinajstić information content (AvgIpc) is 2.06. The maximum Gasteiger partial charge on any atom is 0.164 e. The van der Waals surface area contributed by atoms with Crippen molar-refractivity contribution < 1.29 is 14.6 Å². The largest absolute Gasteiger partial charge is 0.390 e. The fourth-order valence-corrected chi connectivity index (χ4v) is 2.08. The topological polar surface area (TPSA) is 46.5 Å². The van der Waals surface area contributed by atoms with Crippen molar-refractivity contribution in [1.82, 2.24) is 0 Å². The van der Waals surface area contributed by atoms with Gasteiger partial charge >= 0.3 is 0 Å². The summed E-state index contributed by atoms with van der Waals surface area (Å²) in [5.41, 5.74) is 0. The Kier molecular flexibility index (Phi) is 1.93. The Balaban J connectivity index is 2.13. The van der Waals surface area contributed by atoms with E-state index in [-0.39, 0.29) is 30.0 Å². The van der Waals surface area contributed by atoms with Crippen LogP contribution >= 0.6 is 0 Å². The van der Waals surface area contributed by atoms with Crippen LogP contribution in [0.4, 0.5) is 0 Å². The first kappa shape index (κ1) is 8.20. The van der Waals surface area contributed by atoms with Crippen molar-refractivity contribution in [2.75, 3.05) is 0 Å². The molecule has 2 saturated heterocycles. The van der Waals surface area contributed by atoms with E-state index in [4.69, 9.17) is 4.74 Å². The lowest BCUT2D eigenvalue weighted by atomic mass is 9.83. The van der Waals surface area contributed by atoms with Gasteiger partial charge in [-0.05, 0) is 19.3 Å². The molecule has 0 amide bonds. The van der Waals surface area contributed by atoms with Crippen LogP contribution in [-0.4, -0.2) is 29.2 Å². The van der Waals surface area contributed by atoms with E-state index >= 15 is 0 Å². The van der Waals surface area contributed by atoms with E-state index in [1.807, 2.05) is 6.92 Å². The van der Waals surface area contributed by atoms with Crippen molar-refractivity contribution in [1.29, 1.82) is 0 Å². The van der Waals surface area contributed by atoms with Gasteiger partial charge in [-0.3, -0.25) is 4.79 Å². The number of hydrogen-bond acceptors (Lipinski definition) is 3. The Bertz CT molecular complexity index is 200. The van der Waals surface area contributed by atoms with E-state index in [9.17, 15) is 9.90 Å². The first-order chi connectivity index (χ1) is 5.68. The van der Waals surface area contributed by atoms with E-state index in [1.165, 1.54) is 0 Å². The molecule has 4 atom stereocenters. The Hall–Kier alpha value is -0.410. The quantitative estimate of drug-likeness (QED) is 0.576. The van der Waals surface area contributed by atoms with Gasteiger partial charge in [-0.25, -0.2) is 0 Å². The van der Waals surface area contributed by atoms with Gasteiger partial charge in [-0.2, -0.15) is 0 Å². The lowest BCUT2D eigenvalue weighted by Crippen LogP contribution is -2.49. The lowest BCUT2D eigenvalue weighted by molar-refractivity contribution is -0.173. The van der Waals surface area contributed by atoms with E-state index in [2.05, 4.69) is 0 Å². The van der Waals surface area contributed by atoms with E-state index in [0.717, 1.165) is 0 Å². The highest BCUT2D eigenvalue weighted by molar-refractivity contribution is 5.86. The molecule has 3 nitrogen and oxygen atoms in total. The summed E-state index contributed by atoms with van der Waals surface area (Å²) in [6.07, 6.45) is 1.45.